The largest absolute Gasteiger partial charge is 0.314 e. The molecule has 0 fully saturated rings. The van der Waals surface area contributed by atoms with Gasteiger partial charge in [0, 0.05) is 11.1 Å². The molecule has 0 saturated heterocycles. The van der Waals surface area contributed by atoms with Crippen LogP contribution in [0.15, 0.2) is 24.3 Å². The van der Waals surface area contributed by atoms with Crippen LogP contribution in [0.5, 0.6) is 0 Å². The summed E-state index contributed by atoms with van der Waals surface area (Å²) >= 11 is 6.25. The monoisotopic (exact) mass is 267 g/mol. The first-order chi connectivity index (χ1) is 8.67. The van der Waals surface area contributed by atoms with E-state index in [2.05, 4.69) is 38.2 Å². The summed E-state index contributed by atoms with van der Waals surface area (Å²) in [4.78, 5) is 0. The lowest BCUT2D eigenvalue weighted by atomic mass is 9.94. The van der Waals surface area contributed by atoms with Crippen molar-refractivity contribution in [1.29, 1.82) is 0 Å². The fourth-order valence-electron chi connectivity index (χ4n) is 2.17. The molecule has 0 spiro atoms. The SMILES string of the molecule is CCCNC(Cc1ccccc1Cl)CC(C)CC. The summed E-state index contributed by atoms with van der Waals surface area (Å²) in [6.07, 6.45) is 4.68. The lowest BCUT2D eigenvalue weighted by molar-refractivity contribution is 0.391. The maximum Gasteiger partial charge on any atom is 0.0438 e. The van der Waals surface area contributed by atoms with Crippen molar-refractivity contribution in [2.75, 3.05) is 6.54 Å². The van der Waals surface area contributed by atoms with Gasteiger partial charge in [0.1, 0.15) is 0 Å². The Bertz CT molecular complexity index is 338. The Labute approximate surface area is 117 Å². The number of hydrogen-bond acceptors (Lipinski definition) is 1. The second-order valence-corrected chi connectivity index (χ2v) is 5.60. The average molecular weight is 268 g/mol. The van der Waals surface area contributed by atoms with Gasteiger partial charge in [-0.25, -0.2) is 0 Å². The molecule has 0 aromatic heterocycles. The second kappa shape index (κ2) is 8.55. The van der Waals surface area contributed by atoms with Crippen LogP contribution in [0.3, 0.4) is 0 Å². The predicted molar refractivity (Wildman–Crippen MR) is 81.3 cm³/mol. The Morgan fingerprint density at radius 2 is 1.94 bits per heavy atom. The maximum absolute atomic E-state index is 6.25. The van der Waals surface area contributed by atoms with Crippen molar-refractivity contribution in [3.63, 3.8) is 0 Å². The van der Waals surface area contributed by atoms with Crippen LogP contribution in [0.4, 0.5) is 0 Å². The highest BCUT2D eigenvalue weighted by atomic mass is 35.5. The van der Waals surface area contributed by atoms with E-state index in [1.165, 1.54) is 24.8 Å². The Morgan fingerprint density at radius 3 is 2.56 bits per heavy atom. The molecule has 1 N–H and O–H groups in total. The highest BCUT2D eigenvalue weighted by Crippen LogP contribution is 2.20. The van der Waals surface area contributed by atoms with Gasteiger partial charge < -0.3 is 5.32 Å². The van der Waals surface area contributed by atoms with Gasteiger partial charge in [-0.15, -0.1) is 0 Å². The van der Waals surface area contributed by atoms with E-state index in [-0.39, 0.29) is 0 Å². The fraction of sp³-hybridized carbons (Fsp3) is 0.625. The van der Waals surface area contributed by atoms with E-state index in [0.717, 1.165) is 23.9 Å². The summed E-state index contributed by atoms with van der Waals surface area (Å²) < 4.78 is 0. The van der Waals surface area contributed by atoms with E-state index in [0.29, 0.717) is 6.04 Å². The van der Waals surface area contributed by atoms with Crippen molar-refractivity contribution in [3.05, 3.63) is 34.9 Å². The van der Waals surface area contributed by atoms with E-state index < -0.39 is 0 Å². The smallest absolute Gasteiger partial charge is 0.0438 e. The Kier molecular flexibility index (Phi) is 7.38. The first-order valence-corrected chi connectivity index (χ1v) is 7.51. The van der Waals surface area contributed by atoms with Crippen molar-refractivity contribution < 1.29 is 0 Å². The van der Waals surface area contributed by atoms with Crippen molar-refractivity contribution >= 4 is 11.6 Å². The normalized spacial score (nSPS) is 14.4. The molecular formula is C16H26ClN. The average Bonchev–Trinajstić information content (AvgIpc) is 2.38. The van der Waals surface area contributed by atoms with Crippen LogP contribution in [0.2, 0.25) is 5.02 Å². The quantitative estimate of drug-likeness (QED) is 0.721. The molecular weight excluding hydrogens is 242 g/mol. The molecule has 0 aliphatic carbocycles. The molecule has 0 bridgehead atoms. The third-order valence-electron chi connectivity index (χ3n) is 3.49. The summed E-state index contributed by atoms with van der Waals surface area (Å²) in [5, 5.41) is 4.55. The van der Waals surface area contributed by atoms with Crippen molar-refractivity contribution in [2.45, 2.75) is 52.5 Å². The predicted octanol–water partition coefficient (Wildman–Crippen LogP) is 4.69. The number of hydrogen-bond donors (Lipinski definition) is 1. The van der Waals surface area contributed by atoms with Crippen LogP contribution in [-0.4, -0.2) is 12.6 Å². The molecule has 2 heteroatoms. The molecule has 1 rings (SSSR count). The summed E-state index contributed by atoms with van der Waals surface area (Å²) in [6, 6.07) is 8.73. The zero-order valence-corrected chi connectivity index (χ0v) is 12.6. The van der Waals surface area contributed by atoms with E-state index in [9.17, 15) is 0 Å². The van der Waals surface area contributed by atoms with Crippen molar-refractivity contribution in [1.82, 2.24) is 5.32 Å². The molecule has 1 aromatic rings. The maximum atomic E-state index is 6.25. The highest BCUT2D eigenvalue weighted by Gasteiger charge is 2.13. The number of halogens is 1. The van der Waals surface area contributed by atoms with Gasteiger partial charge in [-0.1, -0.05) is 57.0 Å². The highest BCUT2D eigenvalue weighted by molar-refractivity contribution is 6.31. The van der Waals surface area contributed by atoms with Crippen LogP contribution in [0.1, 0.15) is 45.6 Å². The number of nitrogens with one attached hydrogen (secondary N) is 1. The van der Waals surface area contributed by atoms with Gasteiger partial charge in [0.2, 0.25) is 0 Å². The Balaban J connectivity index is 2.62. The Hall–Kier alpha value is -0.530. The molecule has 0 amide bonds. The van der Waals surface area contributed by atoms with Crippen LogP contribution >= 0.6 is 11.6 Å². The van der Waals surface area contributed by atoms with Crippen LogP contribution < -0.4 is 5.32 Å². The fourth-order valence-corrected chi connectivity index (χ4v) is 2.38. The van der Waals surface area contributed by atoms with Gasteiger partial charge >= 0.3 is 0 Å². The van der Waals surface area contributed by atoms with E-state index in [1.807, 2.05) is 12.1 Å². The third-order valence-corrected chi connectivity index (χ3v) is 3.86. The van der Waals surface area contributed by atoms with E-state index in [4.69, 9.17) is 11.6 Å². The van der Waals surface area contributed by atoms with Gasteiger partial charge in [0.15, 0.2) is 0 Å². The molecule has 1 nitrogen and oxygen atoms in total. The molecule has 0 radical (unpaired) electrons. The van der Waals surface area contributed by atoms with Gasteiger partial charge in [0.05, 0.1) is 0 Å². The zero-order valence-electron chi connectivity index (χ0n) is 11.9. The second-order valence-electron chi connectivity index (χ2n) is 5.20. The van der Waals surface area contributed by atoms with Gasteiger partial charge in [-0.2, -0.15) is 0 Å². The summed E-state index contributed by atoms with van der Waals surface area (Å²) in [6.45, 7) is 7.89. The van der Waals surface area contributed by atoms with Crippen molar-refractivity contribution in [3.8, 4) is 0 Å². The summed E-state index contributed by atoms with van der Waals surface area (Å²) in [5.41, 5.74) is 1.26. The summed E-state index contributed by atoms with van der Waals surface area (Å²) in [7, 11) is 0. The molecule has 102 valence electrons. The van der Waals surface area contributed by atoms with Crippen LogP contribution in [0.25, 0.3) is 0 Å². The summed E-state index contributed by atoms with van der Waals surface area (Å²) in [5.74, 6) is 0.766. The van der Waals surface area contributed by atoms with Gasteiger partial charge in [0.25, 0.3) is 0 Å². The molecule has 18 heavy (non-hydrogen) atoms. The zero-order chi connectivity index (χ0) is 13.4. The van der Waals surface area contributed by atoms with Crippen LogP contribution in [0, 0.1) is 5.92 Å². The number of benzene rings is 1. The Morgan fingerprint density at radius 1 is 1.22 bits per heavy atom. The van der Waals surface area contributed by atoms with E-state index >= 15 is 0 Å². The first kappa shape index (κ1) is 15.5. The van der Waals surface area contributed by atoms with Crippen molar-refractivity contribution in [2.24, 2.45) is 5.92 Å². The van der Waals surface area contributed by atoms with Gasteiger partial charge in [-0.05, 0) is 43.4 Å². The molecule has 2 atom stereocenters. The third kappa shape index (κ3) is 5.41. The standard InChI is InChI=1S/C16H26ClN/c1-4-10-18-15(11-13(3)5-2)12-14-8-6-7-9-16(14)17/h6-9,13,15,18H,4-5,10-12H2,1-3H3. The lowest BCUT2D eigenvalue weighted by Crippen LogP contribution is -2.33. The molecule has 1 aromatic carbocycles. The molecule has 0 saturated carbocycles. The van der Waals surface area contributed by atoms with E-state index in [1.54, 1.807) is 0 Å². The minimum absolute atomic E-state index is 0.541. The molecule has 0 aliphatic heterocycles. The lowest BCUT2D eigenvalue weighted by Gasteiger charge is -2.22. The topological polar surface area (TPSA) is 12.0 Å². The molecule has 0 heterocycles. The molecule has 0 aliphatic rings. The minimum atomic E-state index is 0.541. The minimum Gasteiger partial charge on any atom is -0.314 e. The first-order valence-electron chi connectivity index (χ1n) is 7.14. The molecule has 2 unspecified atom stereocenters. The number of rotatable bonds is 8. The van der Waals surface area contributed by atoms with Gasteiger partial charge in [-0.3, -0.25) is 0 Å². The van der Waals surface area contributed by atoms with Crippen LogP contribution in [-0.2, 0) is 6.42 Å².